The SMILES string of the molecule is NC(=O)NCCn1nnnc1SCC1(C(=O)O)CS[C@@H]2C(NC(=O)C(O)c3ccccc3)C(=O)N2C1.[NaH]. The van der Waals surface area contributed by atoms with E-state index in [4.69, 9.17) is 5.73 Å². The van der Waals surface area contributed by atoms with E-state index >= 15 is 0 Å². The van der Waals surface area contributed by atoms with Crippen molar-refractivity contribution in [2.45, 2.75) is 29.2 Å². The first-order chi connectivity index (χ1) is 17.2. The molecule has 4 amide bonds. The van der Waals surface area contributed by atoms with Gasteiger partial charge in [-0.1, -0.05) is 42.1 Å². The number of aliphatic hydroxyl groups is 1. The number of carboxylic acid groups (broad SMARTS) is 1. The molecule has 6 N–H and O–H groups in total. The third-order valence-corrected chi connectivity index (χ3v) is 8.69. The number of benzene rings is 1. The number of nitrogens with two attached hydrogens (primary N) is 1. The minimum atomic E-state index is -1.42. The molecule has 0 radical (unpaired) electrons. The number of hydrogen-bond donors (Lipinski definition) is 5. The van der Waals surface area contributed by atoms with Crippen LogP contribution in [0.25, 0.3) is 0 Å². The number of tetrazole rings is 1. The number of nitrogens with zero attached hydrogens (tertiary/aromatic N) is 5. The summed E-state index contributed by atoms with van der Waals surface area (Å²) in [6.45, 7) is 0.407. The van der Waals surface area contributed by atoms with Crippen LogP contribution in [0.5, 0.6) is 0 Å². The van der Waals surface area contributed by atoms with Gasteiger partial charge in [-0.2, -0.15) is 0 Å². The van der Waals surface area contributed by atoms with Gasteiger partial charge in [0.15, 0.2) is 6.10 Å². The Hall–Kier alpha value is -2.37. The second kappa shape index (κ2) is 12.4. The monoisotopic (exact) mass is 560 g/mol. The molecule has 1 aromatic heterocycles. The Bertz CT molecular complexity index is 1160. The Morgan fingerprint density at radius 1 is 1.30 bits per heavy atom. The maximum absolute atomic E-state index is 12.8. The molecule has 0 aliphatic carbocycles. The molecule has 2 aliphatic rings. The first-order valence-electron chi connectivity index (χ1n) is 10.8. The Labute approximate surface area is 241 Å². The van der Waals surface area contributed by atoms with Crippen molar-refractivity contribution in [3.63, 3.8) is 0 Å². The number of fused-ring (bicyclic) bond motifs is 1. The van der Waals surface area contributed by atoms with Crippen LogP contribution in [0.4, 0.5) is 4.79 Å². The molecular weight excluding hydrogens is 535 g/mol. The van der Waals surface area contributed by atoms with Crippen molar-refractivity contribution in [1.82, 2.24) is 35.7 Å². The van der Waals surface area contributed by atoms with E-state index in [1.54, 1.807) is 30.3 Å². The zero-order valence-electron chi connectivity index (χ0n) is 18.8. The average Bonchev–Trinajstić information content (AvgIpc) is 3.32. The average molecular weight is 561 g/mol. The number of aliphatic carboxylic acids is 1. The predicted molar refractivity (Wildman–Crippen MR) is 135 cm³/mol. The quantitative estimate of drug-likeness (QED) is 0.122. The van der Waals surface area contributed by atoms with Gasteiger partial charge in [-0.15, -0.1) is 16.9 Å². The van der Waals surface area contributed by atoms with Gasteiger partial charge in [0, 0.05) is 24.6 Å². The van der Waals surface area contributed by atoms with E-state index in [1.807, 2.05) is 0 Å². The predicted octanol–water partition coefficient (Wildman–Crippen LogP) is -2.01. The van der Waals surface area contributed by atoms with Gasteiger partial charge in [-0.05, 0) is 16.0 Å². The summed E-state index contributed by atoms with van der Waals surface area (Å²) in [5.41, 5.74) is 4.19. The van der Waals surface area contributed by atoms with Crippen LogP contribution in [0.15, 0.2) is 35.5 Å². The van der Waals surface area contributed by atoms with Crippen molar-refractivity contribution in [3.8, 4) is 0 Å². The molecule has 2 aliphatic heterocycles. The normalized spacial score (nSPS) is 23.2. The summed E-state index contributed by atoms with van der Waals surface area (Å²) in [4.78, 5) is 49.8. The molecule has 3 unspecified atom stereocenters. The van der Waals surface area contributed by atoms with E-state index in [9.17, 15) is 29.4 Å². The van der Waals surface area contributed by atoms with E-state index in [0.29, 0.717) is 10.7 Å². The van der Waals surface area contributed by atoms with Crippen LogP contribution in [0, 0.1) is 5.41 Å². The molecule has 3 heterocycles. The molecule has 0 bridgehead atoms. The number of aliphatic hydroxyl groups excluding tert-OH is 1. The van der Waals surface area contributed by atoms with E-state index < -0.39 is 46.7 Å². The van der Waals surface area contributed by atoms with Crippen molar-refractivity contribution in [3.05, 3.63) is 35.9 Å². The van der Waals surface area contributed by atoms with Gasteiger partial charge in [0.1, 0.15) is 16.8 Å². The summed E-state index contributed by atoms with van der Waals surface area (Å²) in [5.74, 6) is -1.86. The van der Waals surface area contributed by atoms with E-state index in [2.05, 4.69) is 26.2 Å². The van der Waals surface area contributed by atoms with Crippen LogP contribution < -0.4 is 16.4 Å². The molecular formula is C20H25N8NaO6S2. The molecule has 4 rings (SSSR count). The van der Waals surface area contributed by atoms with Crippen LogP contribution in [0.1, 0.15) is 11.7 Å². The topological polar surface area (TPSA) is 206 Å². The first kappa shape index (κ1) is 29.2. The number of rotatable bonds is 10. The number of urea groups is 1. The number of primary amides is 1. The van der Waals surface area contributed by atoms with Crippen LogP contribution in [-0.2, 0) is 20.9 Å². The van der Waals surface area contributed by atoms with Crippen LogP contribution >= 0.6 is 23.5 Å². The van der Waals surface area contributed by atoms with Crippen molar-refractivity contribution in [2.75, 3.05) is 24.6 Å². The van der Waals surface area contributed by atoms with Crippen molar-refractivity contribution < 1.29 is 29.4 Å². The number of nitrogens with one attached hydrogen (secondary N) is 2. The number of amides is 4. The summed E-state index contributed by atoms with van der Waals surface area (Å²) in [5, 5.41) is 36.6. The summed E-state index contributed by atoms with van der Waals surface area (Å²) < 4.78 is 1.42. The number of thioether (sulfide) groups is 2. The number of carbonyl (C=O) groups is 4. The van der Waals surface area contributed by atoms with Crippen molar-refractivity contribution >= 4 is 76.9 Å². The first-order valence-corrected chi connectivity index (χ1v) is 12.9. The van der Waals surface area contributed by atoms with Crippen LogP contribution in [0.3, 0.4) is 0 Å². The molecule has 37 heavy (non-hydrogen) atoms. The second-order valence-electron chi connectivity index (χ2n) is 8.32. The number of carbonyl (C=O) groups excluding carboxylic acids is 3. The van der Waals surface area contributed by atoms with Crippen molar-refractivity contribution in [2.24, 2.45) is 11.1 Å². The van der Waals surface area contributed by atoms with Gasteiger partial charge in [0.2, 0.25) is 11.1 Å². The third kappa shape index (κ3) is 6.38. The number of hydrogen-bond acceptors (Lipinski definition) is 10. The summed E-state index contributed by atoms with van der Waals surface area (Å²) in [6.07, 6.45) is -1.42. The fourth-order valence-electron chi connectivity index (χ4n) is 3.85. The molecule has 17 heteroatoms. The van der Waals surface area contributed by atoms with Gasteiger partial charge in [-0.25, -0.2) is 9.48 Å². The van der Waals surface area contributed by atoms with E-state index in [1.165, 1.54) is 21.3 Å². The Morgan fingerprint density at radius 3 is 2.70 bits per heavy atom. The fourth-order valence-corrected chi connectivity index (χ4v) is 6.62. The molecule has 1 aromatic carbocycles. The molecule has 194 valence electrons. The zero-order valence-corrected chi connectivity index (χ0v) is 20.4. The Morgan fingerprint density at radius 2 is 2.03 bits per heavy atom. The van der Waals surface area contributed by atoms with Gasteiger partial charge in [-0.3, -0.25) is 14.4 Å². The third-order valence-electron chi connectivity index (χ3n) is 5.86. The van der Waals surface area contributed by atoms with Gasteiger partial charge < -0.3 is 31.5 Å². The van der Waals surface area contributed by atoms with E-state index in [0.717, 1.165) is 11.8 Å². The van der Waals surface area contributed by atoms with Crippen LogP contribution in [-0.4, -0.2) is 125 Å². The summed E-state index contributed by atoms with van der Waals surface area (Å²) in [7, 11) is 0. The maximum atomic E-state index is 12.8. The minimum absolute atomic E-state index is 0. The molecule has 4 atom stereocenters. The van der Waals surface area contributed by atoms with Crippen LogP contribution in [0.2, 0.25) is 0 Å². The number of carboxylic acids is 1. The molecule has 14 nitrogen and oxygen atoms in total. The van der Waals surface area contributed by atoms with Gasteiger partial charge >= 0.3 is 41.6 Å². The molecule has 2 saturated heterocycles. The molecule has 0 saturated carbocycles. The Balaban J connectivity index is 0.00000380. The van der Waals surface area contributed by atoms with Crippen molar-refractivity contribution in [1.29, 1.82) is 0 Å². The number of β-lactam (4-membered cyclic amide) rings is 1. The molecule has 2 aromatic rings. The van der Waals surface area contributed by atoms with E-state index in [-0.39, 0.29) is 60.7 Å². The molecule has 2 fully saturated rings. The summed E-state index contributed by atoms with van der Waals surface area (Å²) in [6, 6.07) is 6.84. The van der Waals surface area contributed by atoms with Gasteiger partial charge in [0.25, 0.3) is 5.91 Å². The fraction of sp³-hybridized carbons (Fsp3) is 0.450. The second-order valence-corrected chi connectivity index (χ2v) is 10.4. The standard InChI is InChI=1S/C20H24N8O6S2.Na.H/c21-18(34)22-6-7-28-19(24-25-26-28)36-10-20(17(32)33)8-27-15(31)12(16(27)35-9-20)23-14(30)13(29)11-4-2-1-3-5-11;;/h1-5,12-13,16,29H,6-10H2,(H,23,30)(H,32,33)(H3,21,22,34);;/t12?,13?,16-,20?;;/m1../s1. The number of aromatic nitrogens is 4. The zero-order chi connectivity index (χ0) is 25.9. The summed E-state index contributed by atoms with van der Waals surface area (Å²) >= 11 is 2.40. The van der Waals surface area contributed by atoms with Gasteiger partial charge in [0.05, 0.1) is 6.54 Å². The Kier molecular flexibility index (Phi) is 9.82. The molecule has 0 spiro atoms.